The van der Waals surface area contributed by atoms with Gasteiger partial charge in [0, 0.05) is 10.7 Å². The van der Waals surface area contributed by atoms with Gasteiger partial charge in [-0.1, -0.05) is 22.0 Å². The molecule has 6 heteroatoms. The van der Waals surface area contributed by atoms with Crippen molar-refractivity contribution in [1.82, 2.24) is 15.6 Å². The molecule has 1 aromatic carbocycles. The van der Waals surface area contributed by atoms with E-state index >= 15 is 0 Å². The Bertz CT molecular complexity index is 561. The largest absolute Gasteiger partial charge is 0.492 e. The molecule has 110 valence electrons. The maximum absolute atomic E-state index is 11.6. The fourth-order valence-corrected chi connectivity index (χ4v) is 1.86. The molecule has 0 spiro atoms. The number of nitrogens with zero attached hydrogens (tertiary/aromatic N) is 1. The van der Waals surface area contributed by atoms with Crippen molar-refractivity contribution in [1.29, 1.82) is 0 Å². The van der Waals surface area contributed by atoms with Crippen molar-refractivity contribution < 1.29 is 9.53 Å². The van der Waals surface area contributed by atoms with Crippen molar-refractivity contribution in [3.8, 4) is 5.75 Å². The Morgan fingerprint density at radius 3 is 2.67 bits per heavy atom. The zero-order valence-electron chi connectivity index (χ0n) is 11.4. The third-order valence-electron chi connectivity index (χ3n) is 2.63. The molecule has 2 rings (SSSR count). The normalized spacial score (nSPS) is 9.95. The molecule has 0 radical (unpaired) electrons. The zero-order chi connectivity index (χ0) is 14.9. The first-order valence-corrected chi connectivity index (χ1v) is 7.33. The number of aromatic nitrogens is 1. The monoisotopic (exact) mass is 349 g/mol. The summed E-state index contributed by atoms with van der Waals surface area (Å²) in [5.74, 6) is 0.772. The number of hydrogen-bond donors (Lipinski definition) is 2. The van der Waals surface area contributed by atoms with Gasteiger partial charge < -0.3 is 15.4 Å². The van der Waals surface area contributed by atoms with Gasteiger partial charge in [0.1, 0.15) is 12.4 Å². The van der Waals surface area contributed by atoms with Gasteiger partial charge >= 0.3 is 6.03 Å². The number of carbonyl (C=O) groups is 1. The van der Waals surface area contributed by atoms with Crippen LogP contribution >= 0.6 is 15.9 Å². The Morgan fingerprint density at radius 2 is 1.95 bits per heavy atom. The van der Waals surface area contributed by atoms with Crippen LogP contribution in [-0.4, -0.2) is 24.2 Å². The van der Waals surface area contributed by atoms with E-state index < -0.39 is 0 Å². The second-order valence-electron chi connectivity index (χ2n) is 4.23. The quantitative estimate of drug-likeness (QED) is 0.788. The maximum atomic E-state index is 11.6. The fourth-order valence-electron chi connectivity index (χ4n) is 1.60. The summed E-state index contributed by atoms with van der Waals surface area (Å²) in [5.41, 5.74) is 0.818. The highest BCUT2D eigenvalue weighted by molar-refractivity contribution is 9.10. The summed E-state index contributed by atoms with van der Waals surface area (Å²) in [7, 11) is 0. The van der Waals surface area contributed by atoms with E-state index in [0.29, 0.717) is 19.7 Å². The molecule has 21 heavy (non-hydrogen) atoms. The average Bonchev–Trinajstić information content (AvgIpc) is 2.52. The van der Waals surface area contributed by atoms with Crippen LogP contribution in [-0.2, 0) is 6.54 Å². The molecule has 0 aliphatic heterocycles. The third kappa shape index (κ3) is 5.83. The molecule has 2 N–H and O–H groups in total. The third-order valence-corrected chi connectivity index (χ3v) is 3.15. The van der Waals surface area contributed by atoms with Crippen molar-refractivity contribution in [2.24, 2.45) is 0 Å². The predicted molar refractivity (Wildman–Crippen MR) is 84.1 cm³/mol. The van der Waals surface area contributed by atoms with E-state index in [4.69, 9.17) is 4.74 Å². The molecular formula is C15H16BrN3O2. The summed E-state index contributed by atoms with van der Waals surface area (Å²) in [6, 6.07) is 12.9. The predicted octanol–water partition coefficient (Wildman–Crippen LogP) is 2.72. The molecule has 0 unspecified atom stereocenters. The molecule has 0 atom stereocenters. The number of rotatable bonds is 6. The van der Waals surface area contributed by atoms with Gasteiger partial charge in [-0.25, -0.2) is 4.79 Å². The van der Waals surface area contributed by atoms with Crippen molar-refractivity contribution in [3.63, 3.8) is 0 Å². The zero-order valence-corrected chi connectivity index (χ0v) is 13.0. The number of halogens is 1. The number of amides is 2. The Morgan fingerprint density at radius 1 is 1.14 bits per heavy atom. The lowest BCUT2D eigenvalue weighted by Gasteiger charge is -2.09. The molecule has 0 aliphatic carbocycles. The second-order valence-corrected chi connectivity index (χ2v) is 5.15. The molecule has 5 nitrogen and oxygen atoms in total. The van der Waals surface area contributed by atoms with Gasteiger partial charge in [-0.15, -0.1) is 0 Å². The minimum absolute atomic E-state index is 0.236. The summed E-state index contributed by atoms with van der Waals surface area (Å²) >= 11 is 3.36. The first kappa shape index (κ1) is 15.3. The van der Waals surface area contributed by atoms with Crippen LogP contribution in [0, 0.1) is 0 Å². The van der Waals surface area contributed by atoms with Crippen LogP contribution < -0.4 is 15.4 Å². The molecule has 2 amide bonds. The summed E-state index contributed by atoms with van der Waals surface area (Å²) in [4.78, 5) is 15.7. The number of urea groups is 1. The molecule has 1 heterocycles. The highest BCUT2D eigenvalue weighted by Gasteiger charge is 2.00. The van der Waals surface area contributed by atoms with Gasteiger partial charge in [0.15, 0.2) is 0 Å². The molecule has 0 fully saturated rings. The molecule has 0 bridgehead atoms. The van der Waals surface area contributed by atoms with Crippen LogP contribution in [0.2, 0.25) is 0 Å². The van der Waals surface area contributed by atoms with E-state index in [2.05, 4.69) is 31.5 Å². The second kappa shape index (κ2) is 8.26. The number of pyridine rings is 1. The van der Waals surface area contributed by atoms with Crippen molar-refractivity contribution in [3.05, 3.63) is 58.8 Å². The number of carbonyl (C=O) groups excluding carboxylic acids is 1. The highest BCUT2D eigenvalue weighted by atomic mass is 79.9. The maximum Gasteiger partial charge on any atom is 0.315 e. The number of ether oxygens (including phenoxy) is 1. The van der Waals surface area contributed by atoms with E-state index in [1.165, 1.54) is 0 Å². The van der Waals surface area contributed by atoms with E-state index in [-0.39, 0.29) is 6.03 Å². The Balaban J connectivity index is 1.60. The molecule has 1 aromatic heterocycles. The van der Waals surface area contributed by atoms with Crippen LogP contribution in [0.1, 0.15) is 5.69 Å². The van der Waals surface area contributed by atoms with Gasteiger partial charge in [0.2, 0.25) is 0 Å². The molecule has 0 saturated carbocycles. The minimum Gasteiger partial charge on any atom is -0.492 e. The molecule has 2 aromatic rings. The summed E-state index contributed by atoms with van der Waals surface area (Å²) in [6.45, 7) is 1.25. The average molecular weight is 350 g/mol. The summed E-state index contributed by atoms with van der Waals surface area (Å²) in [6.07, 6.45) is 1.70. The smallest absolute Gasteiger partial charge is 0.315 e. The number of nitrogens with one attached hydrogen (secondary N) is 2. The lowest BCUT2D eigenvalue weighted by Crippen LogP contribution is -2.37. The lowest BCUT2D eigenvalue weighted by atomic mass is 10.3. The SMILES string of the molecule is O=C(NCCOc1ccc(Br)cc1)NCc1ccccn1. The van der Waals surface area contributed by atoms with Crippen LogP contribution in [0.3, 0.4) is 0 Å². The van der Waals surface area contributed by atoms with Gasteiger partial charge in [0.05, 0.1) is 18.8 Å². The lowest BCUT2D eigenvalue weighted by molar-refractivity contribution is 0.236. The molecular weight excluding hydrogens is 334 g/mol. The van der Waals surface area contributed by atoms with Crippen LogP contribution in [0.25, 0.3) is 0 Å². The number of benzene rings is 1. The Kier molecular flexibility index (Phi) is 6.02. The van der Waals surface area contributed by atoms with Gasteiger partial charge in [-0.05, 0) is 36.4 Å². The Labute approximate surface area is 131 Å². The standard InChI is InChI=1S/C15H16BrN3O2/c16-12-4-6-14(7-5-12)21-10-9-18-15(20)19-11-13-3-1-2-8-17-13/h1-8H,9-11H2,(H2,18,19,20). The number of hydrogen-bond acceptors (Lipinski definition) is 3. The van der Waals surface area contributed by atoms with E-state index in [1.807, 2.05) is 42.5 Å². The first-order chi connectivity index (χ1) is 10.2. The summed E-state index contributed by atoms with van der Waals surface area (Å²) in [5, 5.41) is 5.45. The van der Waals surface area contributed by atoms with Crippen molar-refractivity contribution >= 4 is 22.0 Å². The fraction of sp³-hybridized carbons (Fsp3) is 0.200. The Hall–Kier alpha value is -2.08. The molecule has 0 aliphatic rings. The van der Waals surface area contributed by atoms with E-state index in [0.717, 1.165) is 15.9 Å². The first-order valence-electron chi connectivity index (χ1n) is 6.54. The van der Waals surface area contributed by atoms with E-state index in [1.54, 1.807) is 6.20 Å². The highest BCUT2D eigenvalue weighted by Crippen LogP contribution is 2.15. The van der Waals surface area contributed by atoms with Crippen LogP contribution in [0.5, 0.6) is 5.75 Å². The van der Waals surface area contributed by atoms with E-state index in [9.17, 15) is 4.79 Å². The minimum atomic E-state index is -0.236. The van der Waals surface area contributed by atoms with Crippen molar-refractivity contribution in [2.45, 2.75) is 6.54 Å². The summed E-state index contributed by atoms with van der Waals surface area (Å²) < 4.78 is 6.50. The van der Waals surface area contributed by atoms with Crippen LogP contribution in [0.4, 0.5) is 4.79 Å². The van der Waals surface area contributed by atoms with Gasteiger partial charge in [0.25, 0.3) is 0 Å². The molecule has 0 saturated heterocycles. The topological polar surface area (TPSA) is 63.2 Å². The van der Waals surface area contributed by atoms with Crippen molar-refractivity contribution in [2.75, 3.05) is 13.2 Å². The van der Waals surface area contributed by atoms with Crippen LogP contribution in [0.15, 0.2) is 53.1 Å². The van der Waals surface area contributed by atoms with Gasteiger partial charge in [-0.3, -0.25) is 4.98 Å². The van der Waals surface area contributed by atoms with Gasteiger partial charge in [-0.2, -0.15) is 0 Å².